The molecule has 1 saturated heterocycles. The maximum absolute atomic E-state index is 11.5. The summed E-state index contributed by atoms with van der Waals surface area (Å²) in [6, 6.07) is 2.17. The number of sulfone groups is 1. The van der Waals surface area contributed by atoms with E-state index in [1.807, 2.05) is 6.26 Å². The van der Waals surface area contributed by atoms with E-state index in [1.165, 1.54) is 18.0 Å². The number of anilines is 1. The quantitative estimate of drug-likeness (QED) is 0.609. The molecular weight excluding hydrogens is 310 g/mol. The first kappa shape index (κ1) is 16.5. The van der Waals surface area contributed by atoms with E-state index in [9.17, 15) is 8.42 Å². The molecule has 1 fully saturated rings. The van der Waals surface area contributed by atoms with E-state index in [0.717, 1.165) is 5.82 Å². The van der Waals surface area contributed by atoms with Crippen LogP contribution in [-0.2, 0) is 20.3 Å². The van der Waals surface area contributed by atoms with Crippen LogP contribution in [0.5, 0.6) is 0 Å². The summed E-state index contributed by atoms with van der Waals surface area (Å²) in [6.45, 7) is 5.44. The smallest absolute Gasteiger partial charge is 0.189 e. The van der Waals surface area contributed by atoms with Gasteiger partial charge < -0.3 is 9.64 Å². The van der Waals surface area contributed by atoms with Crippen LogP contribution in [0, 0.1) is 0 Å². The van der Waals surface area contributed by atoms with Crippen LogP contribution in [0.25, 0.3) is 0 Å². The molecular formula is C13H21N3O3S2. The molecule has 1 aromatic rings. The van der Waals surface area contributed by atoms with Gasteiger partial charge in [-0.05, 0) is 20.1 Å². The van der Waals surface area contributed by atoms with Gasteiger partial charge in [0, 0.05) is 12.3 Å². The fourth-order valence-corrected chi connectivity index (χ4v) is 3.56. The first-order valence-corrected chi connectivity index (χ1v) is 10.0. The highest BCUT2D eigenvalue weighted by Gasteiger charge is 2.27. The fourth-order valence-electron chi connectivity index (χ4n) is 2.48. The van der Waals surface area contributed by atoms with E-state index in [-0.39, 0.29) is 17.8 Å². The number of hydrogen-bond donors (Lipinski definition) is 0. The summed E-state index contributed by atoms with van der Waals surface area (Å²) in [4.78, 5) is 11.0. The summed E-state index contributed by atoms with van der Waals surface area (Å²) in [5.41, 5.74) is 0.540. The van der Waals surface area contributed by atoms with Gasteiger partial charge in [0.05, 0.1) is 36.7 Å². The second kappa shape index (κ2) is 6.50. The maximum atomic E-state index is 11.5. The Labute approximate surface area is 130 Å². The average molecular weight is 331 g/mol. The highest BCUT2D eigenvalue weighted by molar-refractivity contribution is 7.98. The lowest BCUT2D eigenvalue weighted by Gasteiger charge is -2.39. The highest BCUT2D eigenvalue weighted by atomic mass is 32.2. The second-order valence-electron chi connectivity index (χ2n) is 5.42. The van der Waals surface area contributed by atoms with Crippen LogP contribution in [-0.4, -0.2) is 56.2 Å². The first-order valence-electron chi connectivity index (χ1n) is 6.76. The van der Waals surface area contributed by atoms with Crippen molar-refractivity contribution in [3.63, 3.8) is 0 Å². The Kier molecular flexibility index (Phi) is 5.11. The molecule has 0 saturated carbocycles. The Morgan fingerprint density at radius 2 is 1.95 bits per heavy atom. The molecule has 0 amide bonds. The van der Waals surface area contributed by atoms with E-state index in [4.69, 9.17) is 4.74 Å². The van der Waals surface area contributed by atoms with Gasteiger partial charge in [-0.15, -0.1) is 0 Å². The summed E-state index contributed by atoms with van der Waals surface area (Å²) >= 11 is 1.41. The van der Waals surface area contributed by atoms with Crippen molar-refractivity contribution in [1.29, 1.82) is 0 Å². The van der Waals surface area contributed by atoms with Crippen molar-refractivity contribution in [3.8, 4) is 0 Å². The van der Waals surface area contributed by atoms with E-state index in [1.54, 1.807) is 6.07 Å². The van der Waals surface area contributed by atoms with Crippen LogP contribution in [0.3, 0.4) is 0 Å². The van der Waals surface area contributed by atoms with Gasteiger partial charge in [-0.3, -0.25) is 0 Å². The Bertz CT molecular complexity index is 597. The van der Waals surface area contributed by atoms with Gasteiger partial charge in [-0.25, -0.2) is 18.4 Å². The van der Waals surface area contributed by atoms with E-state index in [2.05, 4.69) is 28.7 Å². The molecule has 0 bridgehead atoms. The summed E-state index contributed by atoms with van der Waals surface area (Å²) in [7, 11) is -3.12. The predicted octanol–water partition coefficient (Wildman–Crippen LogP) is 1.36. The van der Waals surface area contributed by atoms with Gasteiger partial charge in [-0.2, -0.15) is 0 Å². The molecule has 0 unspecified atom stereocenters. The largest absolute Gasteiger partial charge is 0.377 e. The molecule has 8 heteroatoms. The van der Waals surface area contributed by atoms with E-state index < -0.39 is 9.84 Å². The molecule has 0 aromatic carbocycles. The van der Waals surface area contributed by atoms with Gasteiger partial charge in [0.2, 0.25) is 0 Å². The number of nitrogens with zero attached hydrogens (tertiary/aromatic N) is 3. The van der Waals surface area contributed by atoms with Crippen molar-refractivity contribution in [2.45, 2.75) is 36.8 Å². The van der Waals surface area contributed by atoms with Crippen LogP contribution >= 0.6 is 11.8 Å². The van der Waals surface area contributed by atoms with Gasteiger partial charge >= 0.3 is 0 Å². The molecule has 2 heterocycles. The van der Waals surface area contributed by atoms with Gasteiger partial charge in [-0.1, -0.05) is 11.8 Å². The zero-order chi connectivity index (χ0) is 15.6. The minimum atomic E-state index is -3.12. The van der Waals surface area contributed by atoms with Crippen LogP contribution < -0.4 is 4.90 Å². The minimum Gasteiger partial charge on any atom is -0.377 e. The van der Waals surface area contributed by atoms with Crippen molar-refractivity contribution in [2.75, 3.05) is 30.6 Å². The van der Waals surface area contributed by atoms with Crippen LogP contribution in [0.1, 0.15) is 19.5 Å². The Balaban J connectivity index is 2.40. The van der Waals surface area contributed by atoms with Crippen LogP contribution in [0.2, 0.25) is 0 Å². The SMILES string of the molecule is CSc1nc(CS(C)(=O)=O)cc(N2[C@H](C)COC[C@@H]2C)n1. The third-order valence-electron chi connectivity index (χ3n) is 3.27. The molecule has 1 aliphatic heterocycles. The topological polar surface area (TPSA) is 72.4 Å². The maximum Gasteiger partial charge on any atom is 0.189 e. The Morgan fingerprint density at radius 1 is 1.33 bits per heavy atom. The first-order chi connectivity index (χ1) is 9.80. The lowest BCUT2D eigenvalue weighted by molar-refractivity contribution is 0.0751. The number of ether oxygens (including phenoxy) is 1. The molecule has 6 nitrogen and oxygen atoms in total. The molecule has 0 spiro atoms. The summed E-state index contributed by atoms with van der Waals surface area (Å²) in [5, 5.41) is 0.594. The van der Waals surface area contributed by atoms with Crippen molar-refractivity contribution in [3.05, 3.63) is 11.8 Å². The van der Waals surface area contributed by atoms with E-state index in [0.29, 0.717) is 24.1 Å². The van der Waals surface area contributed by atoms with Gasteiger partial charge in [0.15, 0.2) is 15.0 Å². The number of thioether (sulfide) groups is 1. The number of hydrogen-bond acceptors (Lipinski definition) is 7. The average Bonchev–Trinajstić information content (AvgIpc) is 2.36. The molecule has 0 aliphatic carbocycles. The predicted molar refractivity (Wildman–Crippen MR) is 84.6 cm³/mol. The second-order valence-corrected chi connectivity index (χ2v) is 8.33. The third-order valence-corrected chi connectivity index (χ3v) is 4.64. The molecule has 1 aromatic heterocycles. The minimum absolute atomic E-state index is 0.0663. The number of aromatic nitrogens is 2. The molecule has 118 valence electrons. The van der Waals surface area contributed by atoms with Crippen molar-refractivity contribution < 1.29 is 13.2 Å². The normalized spacial score (nSPS) is 23.3. The molecule has 21 heavy (non-hydrogen) atoms. The van der Waals surface area contributed by atoms with Crippen molar-refractivity contribution >= 4 is 27.4 Å². The fraction of sp³-hybridized carbons (Fsp3) is 0.692. The molecule has 0 radical (unpaired) electrons. The molecule has 2 rings (SSSR count). The summed E-state index contributed by atoms with van der Waals surface area (Å²) < 4.78 is 28.6. The van der Waals surface area contributed by atoms with Crippen molar-refractivity contribution in [2.24, 2.45) is 0 Å². The number of rotatable bonds is 4. The lowest BCUT2D eigenvalue weighted by Crippen LogP contribution is -2.50. The zero-order valence-electron chi connectivity index (χ0n) is 12.7. The molecule has 1 aliphatic rings. The van der Waals surface area contributed by atoms with Crippen LogP contribution in [0.15, 0.2) is 11.2 Å². The lowest BCUT2D eigenvalue weighted by atomic mass is 10.1. The standard InChI is InChI=1S/C13H21N3O3S2/c1-9-6-19-7-10(2)16(9)12-5-11(8-21(4,17)18)14-13(15-12)20-3/h5,9-10H,6-8H2,1-4H3/t9-,10+. The third kappa shape index (κ3) is 4.31. The monoisotopic (exact) mass is 331 g/mol. The van der Waals surface area contributed by atoms with Crippen molar-refractivity contribution in [1.82, 2.24) is 9.97 Å². The van der Waals surface area contributed by atoms with Gasteiger partial charge in [0.25, 0.3) is 0 Å². The summed E-state index contributed by atoms with van der Waals surface area (Å²) in [6.07, 6.45) is 3.10. The van der Waals surface area contributed by atoms with E-state index >= 15 is 0 Å². The molecule has 0 N–H and O–H groups in total. The highest BCUT2D eigenvalue weighted by Crippen LogP contribution is 2.25. The zero-order valence-corrected chi connectivity index (χ0v) is 14.4. The van der Waals surface area contributed by atoms with Crippen LogP contribution in [0.4, 0.5) is 5.82 Å². The number of morpholine rings is 1. The van der Waals surface area contributed by atoms with Gasteiger partial charge in [0.1, 0.15) is 5.82 Å². The Hall–Kier alpha value is -0.860. The Morgan fingerprint density at radius 3 is 2.48 bits per heavy atom. The molecule has 2 atom stereocenters. The summed E-state index contributed by atoms with van der Waals surface area (Å²) in [5.74, 6) is 0.708.